The number of carbonyl (C=O) groups excluding carboxylic acids is 2. The van der Waals surface area contributed by atoms with Crippen molar-refractivity contribution in [2.45, 2.75) is 6.04 Å². The number of hydrogen-bond acceptors (Lipinski definition) is 5. The number of amides is 2. The van der Waals surface area contributed by atoms with Crippen LogP contribution >= 0.6 is 0 Å². The molecule has 0 saturated heterocycles. The largest absolute Gasteiger partial charge is 0.394 e. The summed E-state index contributed by atoms with van der Waals surface area (Å²) in [6.45, 7) is -0.537. The van der Waals surface area contributed by atoms with E-state index >= 15 is 0 Å². The predicted molar refractivity (Wildman–Crippen MR) is 105 cm³/mol. The lowest BCUT2D eigenvalue weighted by Crippen LogP contribution is -2.46. The molecular formula is C20H17N5O3. The third kappa shape index (κ3) is 3.53. The van der Waals surface area contributed by atoms with Crippen LogP contribution in [0, 0.1) is 0 Å². The number of fused-ring (bicyclic) bond motifs is 2. The zero-order valence-corrected chi connectivity index (χ0v) is 14.7. The second-order valence-corrected chi connectivity index (χ2v) is 6.29. The van der Waals surface area contributed by atoms with Crippen LogP contribution in [0.15, 0.2) is 60.9 Å². The maximum atomic E-state index is 12.5. The van der Waals surface area contributed by atoms with Gasteiger partial charge < -0.3 is 15.7 Å². The first-order valence-electron chi connectivity index (χ1n) is 8.64. The number of aliphatic hydroxyl groups is 1. The molecule has 8 heteroatoms. The predicted octanol–water partition coefficient (Wildman–Crippen LogP) is 1.84. The van der Waals surface area contributed by atoms with Crippen molar-refractivity contribution >= 4 is 39.3 Å². The molecule has 0 aliphatic rings. The van der Waals surface area contributed by atoms with Crippen LogP contribution in [-0.4, -0.2) is 44.8 Å². The fourth-order valence-corrected chi connectivity index (χ4v) is 2.88. The van der Waals surface area contributed by atoms with Gasteiger partial charge in [-0.05, 0) is 30.3 Å². The van der Waals surface area contributed by atoms with Gasteiger partial charge >= 0.3 is 0 Å². The Bertz CT molecular complexity index is 1170. The lowest BCUT2D eigenvalue weighted by molar-refractivity contribution is -0.118. The van der Waals surface area contributed by atoms with E-state index in [9.17, 15) is 14.7 Å². The Hall–Kier alpha value is -3.78. The summed E-state index contributed by atoms with van der Waals surface area (Å²) in [6, 6.07) is 13.3. The van der Waals surface area contributed by atoms with E-state index < -0.39 is 24.5 Å². The van der Waals surface area contributed by atoms with Crippen LogP contribution in [0.4, 0.5) is 5.69 Å². The minimum atomic E-state index is -1.10. The Morgan fingerprint density at radius 1 is 1.07 bits per heavy atom. The van der Waals surface area contributed by atoms with Crippen molar-refractivity contribution in [3.8, 4) is 0 Å². The minimum Gasteiger partial charge on any atom is -0.394 e. The van der Waals surface area contributed by atoms with Gasteiger partial charge in [0.2, 0.25) is 5.91 Å². The van der Waals surface area contributed by atoms with E-state index in [1.807, 2.05) is 30.3 Å². The summed E-state index contributed by atoms with van der Waals surface area (Å²) in [7, 11) is 0. The highest BCUT2D eigenvalue weighted by Gasteiger charge is 2.21. The van der Waals surface area contributed by atoms with Crippen molar-refractivity contribution in [2.24, 2.45) is 0 Å². The number of nitrogens with one attached hydrogen (secondary N) is 3. The van der Waals surface area contributed by atoms with Gasteiger partial charge in [0, 0.05) is 22.7 Å². The van der Waals surface area contributed by atoms with Gasteiger partial charge in [-0.2, -0.15) is 5.10 Å². The second kappa shape index (κ2) is 7.45. The summed E-state index contributed by atoms with van der Waals surface area (Å²) in [5.74, 6) is -1.01. The van der Waals surface area contributed by atoms with E-state index in [1.165, 1.54) is 6.20 Å². The van der Waals surface area contributed by atoms with Crippen molar-refractivity contribution in [3.63, 3.8) is 0 Å². The van der Waals surface area contributed by atoms with Crippen LogP contribution in [0.25, 0.3) is 21.8 Å². The summed E-state index contributed by atoms with van der Waals surface area (Å²) < 4.78 is 0. The van der Waals surface area contributed by atoms with E-state index in [2.05, 4.69) is 25.8 Å². The number of aliphatic hydroxyl groups excluding tert-OH is 1. The molecule has 1 atom stereocenters. The van der Waals surface area contributed by atoms with Crippen molar-refractivity contribution in [1.82, 2.24) is 20.5 Å². The van der Waals surface area contributed by atoms with Crippen LogP contribution in [0.5, 0.6) is 0 Å². The molecule has 0 radical (unpaired) electrons. The highest BCUT2D eigenvalue weighted by molar-refractivity contribution is 6.02. The summed E-state index contributed by atoms with van der Waals surface area (Å²) >= 11 is 0. The van der Waals surface area contributed by atoms with Crippen LogP contribution < -0.4 is 10.6 Å². The molecule has 140 valence electrons. The molecule has 0 fully saturated rings. The van der Waals surface area contributed by atoms with Crippen molar-refractivity contribution < 1.29 is 14.7 Å². The van der Waals surface area contributed by atoms with Crippen LogP contribution in [0.1, 0.15) is 10.4 Å². The second-order valence-electron chi connectivity index (χ2n) is 6.29. The molecule has 8 nitrogen and oxygen atoms in total. The maximum Gasteiger partial charge on any atom is 0.253 e. The molecule has 4 aromatic rings. The molecule has 0 bridgehead atoms. The SMILES string of the molecule is O=C(NC(CO)C(=O)Nc1ccc2cn[nH]c2c1)c1cnc2ccccc2c1. The maximum absolute atomic E-state index is 12.5. The molecule has 2 aromatic heterocycles. The van der Waals surface area contributed by atoms with E-state index in [0.29, 0.717) is 11.3 Å². The van der Waals surface area contributed by atoms with Gasteiger partial charge in [0.05, 0.1) is 29.4 Å². The van der Waals surface area contributed by atoms with E-state index in [1.54, 1.807) is 24.4 Å². The number of hydrogen-bond donors (Lipinski definition) is 4. The zero-order chi connectivity index (χ0) is 19.5. The number of H-pyrrole nitrogens is 1. The summed E-state index contributed by atoms with van der Waals surface area (Å²) in [6.07, 6.45) is 3.12. The van der Waals surface area contributed by atoms with Crippen molar-refractivity contribution in [1.29, 1.82) is 0 Å². The number of aromatic nitrogens is 3. The number of pyridine rings is 1. The Balaban J connectivity index is 1.47. The van der Waals surface area contributed by atoms with E-state index in [-0.39, 0.29) is 0 Å². The fourth-order valence-electron chi connectivity index (χ4n) is 2.88. The lowest BCUT2D eigenvalue weighted by atomic mass is 10.1. The topological polar surface area (TPSA) is 120 Å². The first-order chi connectivity index (χ1) is 13.6. The third-order valence-electron chi connectivity index (χ3n) is 4.37. The Morgan fingerprint density at radius 3 is 2.79 bits per heavy atom. The smallest absolute Gasteiger partial charge is 0.253 e. The van der Waals surface area contributed by atoms with E-state index in [0.717, 1.165) is 21.8 Å². The fraction of sp³-hybridized carbons (Fsp3) is 0.100. The Kier molecular flexibility index (Phi) is 4.69. The molecule has 2 aromatic carbocycles. The van der Waals surface area contributed by atoms with Crippen molar-refractivity contribution in [2.75, 3.05) is 11.9 Å². The van der Waals surface area contributed by atoms with Crippen molar-refractivity contribution in [3.05, 3.63) is 66.5 Å². The normalized spacial score (nSPS) is 12.0. The number of benzene rings is 2. The van der Waals surface area contributed by atoms with Crippen LogP contribution in [0.3, 0.4) is 0 Å². The molecule has 0 saturated carbocycles. The number of aromatic amines is 1. The van der Waals surface area contributed by atoms with Gasteiger partial charge in [0.15, 0.2) is 0 Å². The van der Waals surface area contributed by atoms with Crippen LogP contribution in [0.2, 0.25) is 0 Å². The Morgan fingerprint density at radius 2 is 1.93 bits per heavy atom. The number of rotatable bonds is 5. The molecule has 4 rings (SSSR count). The van der Waals surface area contributed by atoms with Crippen LogP contribution in [-0.2, 0) is 4.79 Å². The first-order valence-corrected chi connectivity index (χ1v) is 8.64. The average molecular weight is 375 g/mol. The lowest BCUT2D eigenvalue weighted by Gasteiger charge is -2.16. The standard InChI is InChI=1S/C20H17N5O3/c26-11-18(20(28)23-15-6-5-13-10-22-25-17(13)8-15)24-19(27)14-7-12-3-1-2-4-16(12)21-9-14/h1-10,18,26H,11H2,(H,22,25)(H,23,28)(H,24,27). The molecule has 1 unspecified atom stereocenters. The molecule has 0 spiro atoms. The van der Waals surface area contributed by atoms with Gasteiger partial charge in [-0.15, -0.1) is 0 Å². The minimum absolute atomic E-state index is 0.309. The quantitative estimate of drug-likeness (QED) is 0.424. The van der Waals surface area contributed by atoms with Gasteiger partial charge in [-0.3, -0.25) is 19.7 Å². The molecule has 0 aliphatic heterocycles. The molecule has 2 amide bonds. The van der Waals surface area contributed by atoms with Gasteiger partial charge in [0.1, 0.15) is 6.04 Å². The molecular weight excluding hydrogens is 358 g/mol. The molecule has 0 aliphatic carbocycles. The number of para-hydroxylation sites is 1. The molecule has 2 heterocycles. The number of carbonyl (C=O) groups is 2. The summed E-state index contributed by atoms with van der Waals surface area (Å²) in [4.78, 5) is 29.2. The summed E-state index contributed by atoms with van der Waals surface area (Å²) in [5.41, 5.74) is 2.37. The summed E-state index contributed by atoms with van der Waals surface area (Å²) in [5, 5.41) is 23.3. The third-order valence-corrected chi connectivity index (χ3v) is 4.37. The zero-order valence-electron chi connectivity index (χ0n) is 14.7. The van der Waals surface area contributed by atoms with Gasteiger partial charge in [0.25, 0.3) is 5.91 Å². The first kappa shape index (κ1) is 17.6. The number of nitrogens with zero attached hydrogens (tertiary/aromatic N) is 2. The highest BCUT2D eigenvalue weighted by Crippen LogP contribution is 2.17. The van der Waals surface area contributed by atoms with E-state index in [4.69, 9.17) is 0 Å². The van der Waals surface area contributed by atoms with Gasteiger partial charge in [-0.25, -0.2) is 0 Å². The number of anilines is 1. The molecule has 28 heavy (non-hydrogen) atoms. The average Bonchev–Trinajstić information content (AvgIpc) is 3.19. The molecule has 4 N–H and O–H groups in total. The Labute approximate surface area is 159 Å². The highest BCUT2D eigenvalue weighted by atomic mass is 16.3. The monoisotopic (exact) mass is 375 g/mol. The van der Waals surface area contributed by atoms with Gasteiger partial charge in [-0.1, -0.05) is 18.2 Å².